The Bertz CT molecular complexity index is 400. The molecule has 0 N–H and O–H groups in total. The van der Waals surface area contributed by atoms with E-state index in [2.05, 4.69) is 4.90 Å². The highest BCUT2D eigenvalue weighted by atomic mass is 16.6. The summed E-state index contributed by atoms with van der Waals surface area (Å²) in [5.74, 6) is -1.04. The molecule has 1 rings (SSSR count). The molecule has 0 aromatic rings. The average Bonchev–Trinajstić information content (AvgIpc) is 2.53. The van der Waals surface area contributed by atoms with Gasteiger partial charge in [-0.25, -0.2) is 9.59 Å². The van der Waals surface area contributed by atoms with Crippen LogP contribution in [0, 0.1) is 0 Å². The maximum Gasteiger partial charge on any atom is 0.331 e. The molecule has 0 aliphatic carbocycles. The van der Waals surface area contributed by atoms with Gasteiger partial charge in [0.15, 0.2) is 0 Å². The molecule has 0 radical (unpaired) electrons. The summed E-state index contributed by atoms with van der Waals surface area (Å²) in [7, 11) is 0. The Kier molecular flexibility index (Phi) is 8.87. The number of nitrogens with zero attached hydrogens (tertiary/aromatic N) is 1. The normalized spacial score (nSPS) is 16.5. The van der Waals surface area contributed by atoms with Gasteiger partial charge in [-0.05, 0) is 39.7 Å². The Morgan fingerprint density at radius 1 is 1.13 bits per heavy atom. The minimum absolute atomic E-state index is 0.364. The smallest absolute Gasteiger partial charge is 0.331 e. The van der Waals surface area contributed by atoms with Crippen molar-refractivity contribution < 1.29 is 23.8 Å². The minimum Gasteiger partial charge on any atom is -0.463 e. The highest BCUT2D eigenvalue weighted by Crippen LogP contribution is 2.13. The van der Waals surface area contributed by atoms with Crippen molar-refractivity contribution in [2.24, 2.45) is 0 Å². The van der Waals surface area contributed by atoms with E-state index in [0.29, 0.717) is 13.0 Å². The van der Waals surface area contributed by atoms with Crippen LogP contribution in [0.5, 0.6) is 0 Å². The second kappa shape index (κ2) is 10.4. The van der Waals surface area contributed by atoms with E-state index in [0.717, 1.165) is 57.8 Å². The predicted molar refractivity (Wildman–Crippen MR) is 87.1 cm³/mol. The van der Waals surface area contributed by atoms with Gasteiger partial charge in [-0.2, -0.15) is 0 Å². The molecular formula is C17H29NO5. The molecule has 1 aliphatic heterocycles. The van der Waals surface area contributed by atoms with Gasteiger partial charge in [-0.15, -0.1) is 0 Å². The lowest BCUT2D eigenvalue weighted by Crippen LogP contribution is -2.36. The molecule has 0 bridgehead atoms. The zero-order chi connectivity index (χ0) is 17.1. The van der Waals surface area contributed by atoms with Gasteiger partial charge in [0.2, 0.25) is 0 Å². The van der Waals surface area contributed by atoms with Crippen LogP contribution in [0.25, 0.3) is 0 Å². The Hall–Kier alpha value is -1.40. The van der Waals surface area contributed by atoms with Gasteiger partial charge in [-0.1, -0.05) is 6.92 Å². The van der Waals surface area contributed by atoms with Gasteiger partial charge < -0.3 is 14.2 Å². The minimum atomic E-state index is -0.527. The van der Waals surface area contributed by atoms with Crippen molar-refractivity contribution >= 4 is 11.9 Å². The molecule has 1 saturated heterocycles. The van der Waals surface area contributed by atoms with Crippen LogP contribution >= 0.6 is 0 Å². The van der Waals surface area contributed by atoms with Crippen LogP contribution in [0.1, 0.15) is 40.0 Å². The van der Waals surface area contributed by atoms with Crippen molar-refractivity contribution in [2.75, 3.05) is 39.5 Å². The topological polar surface area (TPSA) is 65.1 Å². The van der Waals surface area contributed by atoms with Crippen molar-refractivity contribution in [3.8, 4) is 0 Å². The summed E-state index contributed by atoms with van der Waals surface area (Å²) in [4.78, 5) is 25.4. The molecule has 6 heteroatoms. The number of carbonyl (C=O) groups is 2. The van der Waals surface area contributed by atoms with Crippen LogP contribution in [0.15, 0.2) is 12.2 Å². The molecule has 0 amide bonds. The Balaban J connectivity index is 2.09. The third-order valence-electron chi connectivity index (χ3n) is 3.80. The van der Waals surface area contributed by atoms with Gasteiger partial charge in [0.1, 0.15) is 5.60 Å². The van der Waals surface area contributed by atoms with Crippen molar-refractivity contribution in [3.05, 3.63) is 12.2 Å². The lowest BCUT2D eigenvalue weighted by atomic mass is 10.1. The number of ether oxygens (including phenoxy) is 3. The second-order valence-electron chi connectivity index (χ2n) is 6.20. The molecule has 0 aromatic carbocycles. The first-order chi connectivity index (χ1) is 10.9. The molecule has 1 fully saturated rings. The molecule has 0 spiro atoms. The summed E-state index contributed by atoms with van der Waals surface area (Å²) in [6.07, 6.45) is 4.73. The number of unbranched alkanes of at least 4 members (excludes halogenated alkanes) is 1. The monoisotopic (exact) mass is 327 g/mol. The first-order valence-electron chi connectivity index (χ1n) is 8.31. The number of morpholine rings is 1. The molecular weight excluding hydrogens is 298 g/mol. The summed E-state index contributed by atoms with van der Waals surface area (Å²) in [5, 5.41) is 0. The average molecular weight is 327 g/mol. The Labute approximate surface area is 138 Å². The fraction of sp³-hybridized carbons (Fsp3) is 0.765. The van der Waals surface area contributed by atoms with E-state index in [1.807, 2.05) is 20.8 Å². The van der Waals surface area contributed by atoms with Crippen molar-refractivity contribution in [1.29, 1.82) is 0 Å². The molecule has 1 heterocycles. The highest BCUT2D eigenvalue weighted by molar-refractivity contribution is 5.91. The van der Waals surface area contributed by atoms with E-state index in [4.69, 9.17) is 14.2 Å². The SMILES string of the molecule is CCC(C)(C)OC(=O)/C=C/C(=O)OCCCCN1CCOCC1. The van der Waals surface area contributed by atoms with Crippen LogP contribution < -0.4 is 0 Å². The van der Waals surface area contributed by atoms with Gasteiger partial charge in [0.05, 0.1) is 19.8 Å². The number of esters is 2. The molecule has 0 atom stereocenters. The molecule has 0 saturated carbocycles. The molecule has 23 heavy (non-hydrogen) atoms. The van der Waals surface area contributed by atoms with Crippen LogP contribution in [0.4, 0.5) is 0 Å². The maximum atomic E-state index is 11.5. The highest BCUT2D eigenvalue weighted by Gasteiger charge is 2.18. The molecule has 0 unspecified atom stereocenters. The van der Waals surface area contributed by atoms with Crippen molar-refractivity contribution in [3.63, 3.8) is 0 Å². The lowest BCUT2D eigenvalue weighted by molar-refractivity contribution is -0.151. The van der Waals surface area contributed by atoms with Crippen molar-refractivity contribution in [1.82, 2.24) is 4.90 Å². The number of hydrogen-bond donors (Lipinski definition) is 0. The van der Waals surface area contributed by atoms with Crippen LogP contribution in [-0.4, -0.2) is 61.9 Å². The second-order valence-corrected chi connectivity index (χ2v) is 6.20. The van der Waals surface area contributed by atoms with Crippen molar-refractivity contribution in [2.45, 2.75) is 45.6 Å². The van der Waals surface area contributed by atoms with E-state index in [-0.39, 0.29) is 0 Å². The fourth-order valence-corrected chi connectivity index (χ4v) is 2.00. The number of carbonyl (C=O) groups excluding carboxylic acids is 2. The first-order valence-corrected chi connectivity index (χ1v) is 8.31. The summed E-state index contributed by atoms with van der Waals surface area (Å²) < 4.78 is 15.5. The molecule has 1 aliphatic rings. The third-order valence-corrected chi connectivity index (χ3v) is 3.80. The van der Waals surface area contributed by atoms with Gasteiger partial charge >= 0.3 is 11.9 Å². The van der Waals surface area contributed by atoms with E-state index in [1.54, 1.807) is 0 Å². The van der Waals surface area contributed by atoms with E-state index in [9.17, 15) is 9.59 Å². The standard InChI is InChI=1S/C17H29NO5/c1-4-17(2,3)23-16(20)8-7-15(19)22-12-6-5-9-18-10-13-21-14-11-18/h7-8H,4-6,9-14H2,1-3H3/b8-7+. The van der Waals surface area contributed by atoms with E-state index in [1.165, 1.54) is 0 Å². The number of rotatable bonds is 9. The number of hydrogen-bond acceptors (Lipinski definition) is 6. The quantitative estimate of drug-likeness (QED) is 0.366. The molecule has 0 aromatic heterocycles. The van der Waals surface area contributed by atoms with Gasteiger partial charge in [0, 0.05) is 25.2 Å². The zero-order valence-corrected chi connectivity index (χ0v) is 14.5. The Morgan fingerprint density at radius 3 is 2.43 bits per heavy atom. The van der Waals surface area contributed by atoms with Gasteiger partial charge in [0.25, 0.3) is 0 Å². The van der Waals surface area contributed by atoms with E-state index >= 15 is 0 Å². The zero-order valence-electron chi connectivity index (χ0n) is 14.5. The van der Waals surface area contributed by atoms with E-state index < -0.39 is 17.5 Å². The Morgan fingerprint density at radius 2 is 1.78 bits per heavy atom. The predicted octanol–water partition coefficient (Wildman–Crippen LogP) is 1.93. The first kappa shape index (κ1) is 19.6. The maximum absolute atomic E-state index is 11.5. The van der Waals surface area contributed by atoms with Crippen LogP contribution in [0.3, 0.4) is 0 Å². The summed E-state index contributed by atoms with van der Waals surface area (Å²) in [6, 6.07) is 0. The summed E-state index contributed by atoms with van der Waals surface area (Å²) in [6.45, 7) is 10.5. The fourth-order valence-electron chi connectivity index (χ4n) is 2.00. The third kappa shape index (κ3) is 9.36. The van der Waals surface area contributed by atoms with Gasteiger partial charge in [-0.3, -0.25) is 4.90 Å². The molecule has 6 nitrogen and oxygen atoms in total. The largest absolute Gasteiger partial charge is 0.463 e. The van der Waals surface area contributed by atoms with Crippen LogP contribution in [0.2, 0.25) is 0 Å². The summed E-state index contributed by atoms with van der Waals surface area (Å²) in [5.41, 5.74) is -0.523. The molecule has 132 valence electrons. The van der Waals surface area contributed by atoms with Crippen LogP contribution in [-0.2, 0) is 23.8 Å². The lowest BCUT2D eigenvalue weighted by Gasteiger charge is -2.26. The summed E-state index contributed by atoms with van der Waals surface area (Å²) >= 11 is 0.